The van der Waals surface area contributed by atoms with Gasteiger partial charge in [-0.2, -0.15) is 0 Å². The first kappa shape index (κ1) is 13.9. The molecule has 0 aromatic heterocycles. The van der Waals surface area contributed by atoms with Gasteiger partial charge < -0.3 is 4.74 Å². The Hall–Kier alpha value is -1.57. The van der Waals surface area contributed by atoms with Gasteiger partial charge in [-0.05, 0) is 68.4 Å². The molecule has 0 amide bonds. The van der Waals surface area contributed by atoms with Crippen LogP contribution in [0.4, 0.5) is 0 Å². The first-order valence-electron chi connectivity index (χ1n) is 7.02. The van der Waals surface area contributed by atoms with Crippen LogP contribution >= 0.6 is 0 Å². The summed E-state index contributed by atoms with van der Waals surface area (Å²) in [6.07, 6.45) is 4.29. The van der Waals surface area contributed by atoms with Crippen LogP contribution in [0.3, 0.4) is 0 Å². The van der Waals surface area contributed by atoms with E-state index in [1.807, 2.05) is 13.8 Å². The standard InChI is InChI=1S/C17H22O2/c1-5-19-17(18)13(4)15-8-6-7-14-11(2)9-10-12(3)16(14)15/h8-10,13H,5-7H2,1-4H3/t13-/m1/s1. The highest BCUT2D eigenvalue weighted by molar-refractivity contribution is 5.90. The van der Waals surface area contributed by atoms with Crippen LogP contribution in [0.15, 0.2) is 18.2 Å². The van der Waals surface area contributed by atoms with E-state index in [-0.39, 0.29) is 11.9 Å². The minimum atomic E-state index is -0.181. The van der Waals surface area contributed by atoms with E-state index in [4.69, 9.17) is 4.74 Å². The van der Waals surface area contributed by atoms with E-state index in [0.717, 1.165) is 18.4 Å². The van der Waals surface area contributed by atoms with Gasteiger partial charge >= 0.3 is 5.97 Å². The maximum Gasteiger partial charge on any atom is 0.313 e. The number of ether oxygens (including phenoxy) is 1. The van der Waals surface area contributed by atoms with Crippen molar-refractivity contribution in [2.75, 3.05) is 6.61 Å². The summed E-state index contributed by atoms with van der Waals surface area (Å²) < 4.78 is 5.16. The van der Waals surface area contributed by atoms with Crippen molar-refractivity contribution in [3.05, 3.63) is 40.5 Å². The quantitative estimate of drug-likeness (QED) is 0.770. The SMILES string of the molecule is CCOC(=O)[C@H](C)C1=CCCc2c(C)ccc(C)c21. The minimum Gasteiger partial charge on any atom is -0.466 e. The van der Waals surface area contributed by atoms with Crippen LogP contribution in [-0.2, 0) is 16.0 Å². The fourth-order valence-electron chi connectivity index (χ4n) is 2.85. The number of allylic oxidation sites excluding steroid dienone is 1. The fraction of sp³-hybridized carbons (Fsp3) is 0.471. The maximum atomic E-state index is 12.0. The molecule has 1 aromatic rings. The number of aryl methyl sites for hydroxylation is 2. The molecular formula is C17H22O2. The van der Waals surface area contributed by atoms with E-state index in [1.165, 1.54) is 22.3 Å². The monoisotopic (exact) mass is 258 g/mol. The molecule has 1 aliphatic rings. The Balaban J connectivity index is 2.43. The number of rotatable bonds is 3. The van der Waals surface area contributed by atoms with E-state index in [1.54, 1.807) is 0 Å². The number of hydrogen-bond donors (Lipinski definition) is 0. The van der Waals surface area contributed by atoms with Gasteiger partial charge in [-0.15, -0.1) is 0 Å². The molecule has 1 aliphatic carbocycles. The van der Waals surface area contributed by atoms with E-state index in [9.17, 15) is 4.79 Å². The Morgan fingerprint density at radius 1 is 1.32 bits per heavy atom. The second-order valence-electron chi connectivity index (χ2n) is 5.22. The average molecular weight is 258 g/mol. The van der Waals surface area contributed by atoms with Crippen molar-refractivity contribution in [1.29, 1.82) is 0 Å². The van der Waals surface area contributed by atoms with Crippen molar-refractivity contribution in [3.63, 3.8) is 0 Å². The first-order valence-corrected chi connectivity index (χ1v) is 7.02. The molecule has 1 atom stereocenters. The van der Waals surface area contributed by atoms with Crippen molar-refractivity contribution >= 4 is 11.5 Å². The molecule has 1 aromatic carbocycles. The van der Waals surface area contributed by atoms with Crippen LogP contribution in [0.2, 0.25) is 0 Å². The predicted octanol–water partition coefficient (Wildman–Crippen LogP) is 3.83. The van der Waals surface area contributed by atoms with Gasteiger partial charge in [0.2, 0.25) is 0 Å². The van der Waals surface area contributed by atoms with Gasteiger partial charge in [0.15, 0.2) is 0 Å². The van der Waals surface area contributed by atoms with Crippen molar-refractivity contribution in [2.45, 2.75) is 40.5 Å². The lowest BCUT2D eigenvalue weighted by atomic mass is 9.80. The van der Waals surface area contributed by atoms with Crippen LogP contribution in [0.5, 0.6) is 0 Å². The largest absolute Gasteiger partial charge is 0.466 e. The van der Waals surface area contributed by atoms with E-state index in [2.05, 4.69) is 32.1 Å². The third kappa shape index (κ3) is 2.58. The third-order valence-corrected chi connectivity index (χ3v) is 3.91. The number of fused-ring (bicyclic) bond motifs is 1. The Morgan fingerprint density at radius 2 is 2.00 bits per heavy atom. The van der Waals surface area contributed by atoms with Crippen molar-refractivity contribution in [1.82, 2.24) is 0 Å². The van der Waals surface area contributed by atoms with Gasteiger partial charge in [-0.1, -0.05) is 18.2 Å². The summed E-state index contributed by atoms with van der Waals surface area (Å²) >= 11 is 0. The molecule has 2 rings (SSSR count). The summed E-state index contributed by atoms with van der Waals surface area (Å²) in [6, 6.07) is 4.32. The fourth-order valence-corrected chi connectivity index (χ4v) is 2.85. The lowest BCUT2D eigenvalue weighted by molar-refractivity contribution is -0.145. The molecule has 2 nitrogen and oxygen atoms in total. The smallest absolute Gasteiger partial charge is 0.313 e. The number of carbonyl (C=O) groups excluding carboxylic acids is 1. The van der Waals surface area contributed by atoms with Gasteiger partial charge in [-0.3, -0.25) is 4.79 Å². The molecule has 0 saturated heterocycles. The van der Waals surface area contributed by atoms with Crippen LogP contribution in [0.25, 0.3) is 5.57 Å². The van der Waals surface area contributed by atoms with Gasteiger partial charge in [0, 0.05) is 0 Å². The second-order valence-corrected chi connectivity index (χ2v) is 5.22. The van der Waals surface area contributed by atoms with Crippen molar-refractivity contribution in [2.24, 2.45) is 5.92 Å². The van der Waals surface area contributed by atoms with Crippen LogP contribution < -0.4 is 0 Å². The third-order valence-electron chi connectivity index (χ3n) is 3.91. The Labute approximate surface area is 115 Å². The topological polar surface area (TPSA) is 26.3 Å². The zero-order chi connectivity index (χ0) is 14.0. The highest BCUT2D eigenvalue weighted by Crippen LogP contribution is 2.36. The van der Waals surface area contributed by atoms with E-state index in [0.29, 0.717) is 6.61 Å². The summed E-state index contributed by atoms with van der Waals surface area (Å²) in [6.45, 7) is 8.51. The zero-order valence-electron chi connectivity index (χ0n) is 12.2. The Kier molecular flexibility index (Phi) is 4.08. The molecule has 0 fully saturated rings. The van der Waals surface area contributed by atoms with Crippen molar-refractivity contribution < 1.29 is 9.53 Å². The van der Waals surface area contributed by atoms with Gasteiger partial charge in [0.05, 0.1) is 12.5 Å². The van der Waals surface area contributed by atoms with Crippen LogP contribution in [0, 0.1) is 19.8 Å². The summed E-state index contributed by atoms with van der Waals surface area (Å²) in [5.74, 6) is -0.304. The molecule has 2 heteroatoms. The number of benzene rings is 1. The normalized spacial score (nSPS) is 15.5. The summed E-state index contributed by atoms with van der Waals surface area (Å²) in [7, 11) is 0. The average Bonchev–Trinajstić information content (AvgIpc) is 2.42. The summed E-state index contributed by atoms with van der Waals surface area (Å²) in [4.78, 5) is 12.0. The molecule has 0 aliphatic heterocycles. The van der Waals surface area contributed by atoms with Gasteiger partial charge in [0.25, 0.3) is 0 Å². The Morgan fingerprint density at radius 3 is 2.68 bits per heavy atom. The minimum absolute atomic E-state index is 0.123. The Bertz CT molecular complexity index is 526. The number of carbonyl (C=O) groups is 1. The molecule has 0 unspecified atom stereocenters. The molecular weight excluding hydrogens is 236 g/mol. The molecule has 0 N–H and O–H groups in total. The number of esters is 1. The first-order chi connectivity index (χ1) is 9.06. The summed E-state index contributed by atoms with van der Waals surface area (Å²) in [5.41, 5.74) is 6.38. The molecule has 102 valence electrons. The number of hydrogen-bond acceptors (Lipinski definition) is 2. The van der Waals surface area contributed by atoms with E-state index >= 15 is 0 Å². The highest BCUT2D eigenvalue weighted by Gasteiger charge is 2.25. The molecule has 0 radical (unpaired) electrons. The molecule has 19 heavy (non-hydrogen) atoms. The molecule has 0 spiro atoms. The maximum absolute atomic E-state index is 12.0. The predicted molar refractivity (Wildman–Crippen MR) is 78.0 cm³/mol. The van der Waals surface area contributed by atoms with Gasteiger partial charge in [0.1, 0.15) is 0 Å². The van der Waals surface area contributed by atoms with Gasteiger partial charge in [-0.25, -0.2) is 0 Å². The lowest BCUT2D eigenvalue weighted by Gasteiger charge is -2.25. The molecule has 0 bridgehead atoms. The molecule has 0 heterocycles. The highest BCUT2D eigenvalue weighted by atomic mass is 16.5. The van der Waals surface area contributed by atoms with E-state index < -0.39 is 0 Å². The van der Waals surface area contributed by atoms with Crippen LogP contribution in [-0.4, -0.2) is 12.6 Å². The van der Waals surface area contributed by atoms with Crippen LogP contribution in [0.1, 0.15) is 42.5 Å². The lowest BCUT2D eigenvalue weighted by Crippen LogP contribution is -2.19. The van der Waals surface area contributed by atoms with Crippen molar-refractivity contribution in [3.8, 4) is 0 Å². The zero-order valence-corrected chi connectivity index (χ0v) is 12.2. The summed E-state index contributed by atoms with van der Waals surface area (Å²) in [5, 5.41) is 0. The molecule has 0 saturated carbocycles. The second kappa shape index (κ2) is 5.60.